The molecule has 4 heteroatoms. The number of hydrogen-bond donors (Lipinski definition) is 1. The van der Waals surface area contributed by atoms with Gasteiger partial charge in [0.25, 0.3) is 0 Å². The van der Waals surface area contributed by atoms with E-state index in [1.807, 2.05) is 12.4 Å². The molecule has 0 aliphatic carbocycles. The number of carboxylic acid groups (broad SMARTS) is 1. The van der Waals surface area contributed by atoms with Gasteiger partial charge < -0.3 is 9.51 Å². The van der Waals surface area contributed by atoms with E-state index >= 15 is 0 Å². The Morgan fingerprint density at radius 1 is 1.14 bits per heavy atom. The highest BCUT2D eigenvalue weighted by atomic mass is 16.4. The lowest BCUT2D eigenvalue weighted by Crippen LogP contribution is -1.99. The minimum absolute atomic E-state index is 0.216. The van der Waals surface area contributed by atoms with Crippen LogP contribution in [0.3, 0.4) is 0 Å². The molecule has 112 valence electrons. The minimum atomic E-state index is -0.961. The first-order chi connectivity index (χ1) is 10.4. The molecule has 0 spiro atoms. The molecule has 0 fully saturated rings. The van der Waals surface area contributed by atoms with Gasteiger partial charge in [-0.25, -0.2) is 9.78 Å². The van der Waals surface area contributed by atoms with Crippen LogP contribution in [0, 0.1) is 27.7 Å². The summed E-state index contributed by atoms with van der Waals surface area (Å²) >= 11 is 0. The molecule has 3 rings (SSSR count). The molecule has 4 nitrogen and oxygen atoms in total. The number of benzene rings is 1. The molecule has 0 aliphatic heterocycles. The summed E-state index contributed by atoms with van der Waals surface area (Å²) in [5, 5.41) is 9.31. The summed E-state index contributed by atoms with van der Waals surface area (Å²) in [6.45, 7) is 8.34. The molecule has 0 atom stereocenters. The van der Waals surface area contributed by atoms with Crippen molar-refractivity contribution in [3.05, 3.63) is 58.4 Å². The summed E-state index contributed by atoms with van der Waals surface area (Å²) in [6.07, 6.45) is 3.72. The zero-order valence-corrected chi connectivity index (χ0v) is 13.1. The Hall–Kier alpha value is -2.62. The zero-order chi connectivity index (χ0) is 16.0. The Labute approximate surface area is 129 Å². The number of nitrogens with zero attached hydrogens (tertiary/aromatic N) is 2. The van der Waals surface area contributed by atoms with Crippen LogP contribution >= 0.6 is 0 Å². The molecular formula is C18H18N2O2. The Kier molecular flexibility index (Phi) is 3.24. The molecule has 0 amide bonds. The van der Waals surface area contributed by atoms with E-state index in [1.54, 1.807) is 16.5 Å². The number of carbonyl (C=O) groups is 1. The van der Waals surface area contributed by atoms with Crippen LogP contribution in [0.2, 0.25) is 0 Å². The van der Waals surface area contributed by atoms with Gasteiger partial charge in [-0.1, -0.05) is 6.07 Å². The number of carboxylic acids is 1. The maximum absolute atomic E-state index is 11.3. The quantitative estimate of drug-likeness (QED) is 0.779. The Balaban J connectivity index is 2.33. The molecule has 0 saturated heterocycles. The number of pyridine rings is 1. The second-order valence-electron chi connectivity index (χ2n) is 5.72. The fourth-order valence-corrected chi connectivity index (χ4v) is 2.90. The number of aromatic carboxylic acids is 1. The smallest absolute Gasteiger partial charge is 0.339 e. The first-order valence-electron chi connectivity index (χ1n) is 7.19. The van der Waals surface area contributed by atoms with Crippen LogP contribution in [-0.2, 0) is 0 Å². The van der Waals surface area contributed by atoms with Gasteiger partial charge in [-0.05, 0) is 62.1 Å². The molecular weight excluding hydrogens is 276 g/mol. The first-order valence-corrected chi connectivity index (χ1v) is 7.19. The number of rotatable bonds is 2. The monoisotopic (exact) mass is 294 g/mol. The van der Waals surface area contributed by atoms with E-state index in [0.29, 0.717) is 5.65 Å². The van der Waals surface area contributed by atoms with Crippen LogP contribution in [0.5, 0.6) is 0 Å². The van der Waals surface area contributed by atoms with Crippen molar-refractivity contribution in [2.75, 3.05) is 0 Å². The lowest BCUT2D eigenvalue weighted by molar-refractivity contribution is 0.0698. The summed E-state index contributed by atoms with van der Waals surface area (Å²) < 4.78 is 1.77. The Bertz CT molecular complexity index is 881. The van der Waals surface area contributed by atoms with Crippen molar-refractivity contribution in [1.29, 1.82) is 0 Å². The van der Waals surface area contributed by atoms with Gasteiger partial charge in [-0.2, -0.15) is 0 Å². The standard InChI is InChI=1S/C18H18N2O2/c1-10-8-11(2)13(4)16(12(10)3)15-9-20-7-5-6-14(18(21)22)17(20)19-15/h5-9H,1-4H3,(H,21,22). The van der Waals surface area contributed by atoms with Crippen LogP contribution in [-0.4, -0.2) is 20.5 Å². The maximum Gasteiger partial charge on any atom is 0.339 e. The van der Waals surface area contributed by atoms with E-state index in [2.05, 4.69) is 38.7 Å². The van der Waals surface area contributed by atoms with Gasteiger partial charge in [0.2, 0.25) is 0 Å². The zero-order valence-electron chi connectivity index (χ0n) is 13.1. The number of hydrogen-bond acceptors (Lipinski definition) is 2. The van der Waals surface area contributed by atoms with E-state index in [1.165, 1.54) is 22.3 Å². The predicted molar refractivity (Wildman–Crippen MR) is 86.5 cm³/mol. The van der Waals surface area contributed by atoms with Crippen molar-refractivity contribution in [3.63, 3.8) is 0 Å². The molecule has 0 radical (unpaired) electrons. The number of aromatic nitrogens is 2. The van der Waals surface area contributed by atoms with Gasteiger partial charge in [0.15, 0.2) is 5.65 Å². The second-order valence-corrected chi connectivity index (χ2v) is 5.72. The molecule has 2 heterocycles. The van der Waals surface area contributed by atoms with Gasteiger partial charge in [-0.3, -0.25) is 0 Å². The molecule has 0 unspecified atom stereocenters. The first kappa shape index (κ1) is 14.3. The average molecular weight is 294 g/mol. The molecule has 0 bridgehead atoms. The maximum atomic E-state index is 11.3. The van der Waals surface area contributed by atoms with Crippen LogP contribution in [0.1, 0.15) is 32.6 Å². The highest BCUT2D eigenvalue weighted by Gasteiger charge is 2.16. The fourth-order valence-electron chi connectivity index (χ4n) is 2.90. The molecule has 1 aromatic carbocycles. The third kappa shape index (κ3) is 2.08. The third-order valence-electron chi connectivity index (χ3n) is 4.34. The molecule has 22 heavy (non-hydrogen) atoms. The highest BCUT2D eigenvalue weighted by Crippen LogP contribution is 2.31. The normalized spacial score (nSPS) is 11.1. The summed E-state index contributed by atoms with van der Waals surface area (Å²) in [5.74, 6) is -0.961. The van der Waals surface area contributed by atoms with Crippen molar-refractivity contribution in [1.82, 2.24) is 9.38 Å². The third-order valence-corrected chi connectivity index (χ3v) is 4.34. The van der Waals surface area contributed by atoms with Gasteiger partial charge >= 0.3 is 5.97 Å². The van der Waals surface area contributed by atoms with E-state index in [-0.39, 0.29) is 5.56 Å². The lowest BCUT2D eigenvalue weighted by atomic mass is 9.93. The van der Waals surface area contributed by atoms with Gasteiger partial charge in [-0.15, -0.1) is 0 Å². The summed E-state index contributed by atoms with van der Waals surface area (Å²) in [6, 6.07) is 5.48. The van der Waals surface area contributed by atoms with Crippen LogP contribution in [0.15, 0.2) is 30.6 Å². The van der Waals surface area contributed by atoms with E-state index in [4.69, 9.17) is 0 Å². The molecule has 2 aromatic heterocycles. The van der Waals surface area contributed by atoms with Gasteiger partial charge in [0.1, 0.15) is 5.56 Å². The SMILES string of the molecule is Cc1cc(C)c(C)c(-c2cn3cccc(C(=O)O)c3n2)c1C. The molecule has 0 aliphatic rings. The molecule has 0 saturated carbocycles. The van der Waals surface area contributed by atoms with Crippen LogP contribution < -0.4 is 0 Å². The average Bonchev–Trinajstić information content (AvgIpc) is 2.88. The summed E-state index contributed by atoms with van der Waals surface area (Å²) in [4.78, 5) is 15.9. The molecule has 1 N–H and O–H groups in total. The number of fused-ring (bicyclic) bond motifs is 1. The van der Waals surface area contributed by atoms with E-state index in [9.17, 15) is 9.90 Å². The van der Waals surface area contributed by atoms with Crippen LogP contribution in [0.25, 0.3) is 16.9 Å². The minimum Gasteiger partial charge on any atom is -0.478 e. The number of imidazole rings is 1. The largest absolute Gasteiger partial charge is 0.478 e. The van der Waals surface area contributed by atoms with Crippen LogP contribution in [0.4, 0.5) is 0 Å². The van der Waals surface area contributed by atoms with Gasteiger partial charge in [0.05, 0.1) is 5.69 Å². The summed E-state index contributed by atoms with van der Waals surface area (Å²) in [7, 11) is 0. The van der Waals surface area contributed by atoms with Crippen molar-refractivity contribution in [3.8, 4) is 11.3 Å². The predicted octanol–water partition coefficient (Wildman–Crippen LogP) is 3.93. The van der Waals surface area contributed by atoms with Crippen molar-refractivity contribution < 1.29 is 9.90 Å². The fraction of sp³-hybridized carbons (Fsp3) is 0.222. The van der Waals surface area contributed by atoms with E-state index < -0.39 is 5.97 Å². The second kappa shape index (κ2) is 4.98. The summed E-state index contributed by atoms with van der Waals surface area (Å²) in [5.41, 5.74) is 7.40. The van der Waals surface area contributed by atoms with Crippen molar-refractivity contribution >= 4 is 11.6 Å². The number of aryl methyl sites for hydroxylation is 2. The Morgan fingerprint density at radius 3 is 2.36 bits per heavy atom. The topological polar surface area (TPSA) is 54.6 Å². The van der Waals surface area contributed by atoms with Gasteiger partial charge in [0, 0.05) is 18.0 Å². The van der Waals surface area contributed by atoms with E-state index in [0.717, 1.165) is 11.3 Å². The Morgan fingerprint density at radius 2 is 1.77 bits per heavy atom. The van der Waals surface area contributed by atoms with Crippen molar-refractivity contribution in [2.45, 2.75) is 27.7 Å². The molecule has 3 aromatic rings. The lowest BCUT2D eigenvalue weighted by Gasteiger charge is -2.13. The van der Waals surface area contributed by atoms with Crippen molar-refractivity contribution in [2.24, 2.45) is 0 Å². The highest BCUT2D eigenvalue weighted by molar-refractivity contribution is 5.94.